The Morgan fingerprint density at radius 3 is 2.11 bits per heavy atom. The number of fused-ring (bicyclic) bond motifs is 1. The van der Waals surface area contributed by atoms with Gasteiger partial charge < -0.3 is 0 Å². The van der Waals surface area contributed by atoms with Gasteiger partial charge in [-0.3, -0.25) is 14.4 Å². The van der Waals surface area contributed by atoms with Crippen LogP contribution in [-0.4, -0.2) is 17.3 Å². The van der Waals surface area contributed by atoms with Crippen LogP contribution in [0.1, 0.15) is 34.6 Å². The minimum atomic E-state index is -0.594. The normalized spacial score (nSPS) is 20.4. The van der Waals surface area contributed by atoms with Crippen molar-refractivity contribution in [2.24, 2.45) is 5.41 Å². The number of Topliss-reactive ketones (excluding diaryl/α,β-unsaturated/α-hetero) is 2. The zero-order valence-electron chi connectivity index (χ0n) is 10.7. The molecule has 2 aliphatic carbocycles. The summed E-state index contributed by atoms with van der Waals surface area (Å²) in [7, 11) is 0. The van der Waals surface area contributed by atoms with Gasteiger partial charge in [0.15, 0.2) is 17.3 Å². The lowest BCUT2D eigenvalue weighted by molar-refractivity contribution is -0.111. The monoisotopic (exact) mass is 252 g/mol. The highest BCUT2D eigenvalue weighted by molar-refractivity contribution is 6.39. The van der Waals surface area contributed by atoms with E-state index in [1.165, 1.54) is 6.08 Å². The molecule has 1 aromatic rings. The number of allylic oxidation sites excluding steroid dienone is 4. The highest BCUT2D eigenvalue weighted by Gasteiger charge is 2.42. The molecule has 0 unspecified atom stereocenters. The molecule has 0 amide bonds. The van der Waals surface area contributed by atoms with E-state index in [9.17, 15) is 14.4 Å². The first-order valence-corrected chi connectivity index (χ1v) is 6.10. The maximum absolute atomic E-state index is 12.6. The number of benzene rings is 1. The number of rotatable bonds is 0. The zero-order chi connectivity index (χ0) is 13.8. The Bertz CT molecular complexity index is 702. The third kappa shape index (κ3) is 1.48. The second-order valence-electron chi connectivity index (χ2n) is 5.37. The Hall–Kier alpha value is -2.29. The smallest absolute Gasteiger partial charge is 0.198 e. The minimum Gasteiger partial charge on any atom is -0.289 e. The van der Waals surface area contributed by atoms with Crippen LogP contribution in [-0.2, 0) is 4.79 Å². The van der Waals surface area contributed by atoms with Crippen LogP contribution in [0.3, 0.4) is 0 Å². The van der Waals surface area contributed by atoms with Gasteiger partial charge in [0, 0.05) is 22.1 Å². The van der Waals surface area contributed by atoms with Crippen molar-refractivity contribution in [3.63, 3.8) is 0 Å². The Balaban J connectivity index is 2.34. The van der Waals surface area contributed by atoms with Gasteiger partial charge in [0.2, 0.25) is 0 Å². The summed E-state index contributed by atoms with van der Waals surface area (Å²) >= 11 is 0. The summed E-state index contributed by atoms with van der Waals surface area (Å²) in [6, 6.07) is 6.66. The van der Waals surface area contributed by atoms with Crippen LogP contribution < -0.4 is 0 Å². The SMILES string of the molecule is CC1(C)C=CC(=O)C2=C1C(=O)c1ccccc1C2=O. The van der Waals surface area contributed by atoms with E-state index in [0.29, 0.717) is 16.7 Å². The molecule has 3 rings (SSSR count). The number of hydrogen-bond donors (Lipinski definition) is 0. The van der Waals surface area contributed by atoms with Crippen LogP contribution in [0.25, 0.3) is 0 Å². The van der Waals surface area contributed by atoms with Gasteiger partial charge in [0.05, 0.1) is 5.57 Å². The van der Waals surface area contributed by atoms with E-state index >= 15 is 0 Å². The molecule has 0 saturated carbocycles. The summed E-state index contributed by atoms with van der Waals surface area (Å²) in [5, 5.41) is 0. The lowest BCUT2D eigenvalue weighted by Crippen LogP contribution is -2.34. The third-order valence-electron chi connectivity index (χ3n) is 3.66. The molecule has 0 fully saturated rings. The van der Waals surface area contributed by atoms with E-state index < -0.39 is 5.41 Å². The van der Waals surface area contributed by atoms with Gasteiger partial charge in [-0.15, -0.1) is 0 Å². The Labute approximate surface area is 110 Å². The fraction of sp³-hybridized carbons (Fsp3) is 0.188. The number of carbonyl (C=O) groups excluding carboxylic acids is 3. The van der Waals surface area contributed by atoms with Crippen LogP contribution in [0.4, 0.5) is 0 Å². The van der Waals surface area contributed by atoms with Crippen molar-refractivity contribution in [3.05, 3.63) is 58.7 Å². The van der Waals surface area contributed by atoms with Gasteiger partial charge >= 0.3 is 0 Å². The molecule has 19 heavy (non-hydrogen) atoms. The van der Waals surface area contributed by atoms with Crippen molar-refractivity contribution < 1.29 is 14.4 Å². The number of carbonyl (C=O) groups is 3. The van der Waals surface area contributed by atoms with Crippen molar-refractivity contribution in [3.8, 4) is 0 Å². The quantitative estimate of drug-likeness (QED) is 0.667. The maximum atomic E-state index is 12.6. The molecule has 0 heterocycles. The van der Waals surface area contributed by atoms with Crippen molar-refractivity contribution >= 4 is 17.3 Å². The molecule has 0 radical (unpaired) electrons. The van der Waals surface area contributed by atoms with Crippen molar-refractivity contribution in [2.45, 2.75) is 13.8 Å². The topological polar surface area (TPSA) is 51.2 Å². The van der Waals surface area contributed by atoms with E-state index in [2.05, 4.69) is 0 Å². The molecule has 2 aliphatic rings. The molecule has 0 aliphatic heterocycles. The summed E-state index contributed by atoms with van der Waals surface area (Å²) < 4.78 is 0. The van der Waals surface area contributed by atoms with Gasteiger partial charge in [-0.2, -0.15) is 0 Å². The predicted molar refractivity (Wildman–Crippen MR) is 70.1 cm³/mol. The molecule has 0 saturated heterocycles. The molecule has 3 heteroatoms. The first-order valence-electron chi connectivity index (χ1n) is 6.10. The Morgan fingerprint density at radius 2 is 1.47 bits per heavy atom. The van der Waals surface area contributed by atoms with Crippen LogP contribution in [0.5, 0.6) is 0 Å². The predicted octanol–water partition coefficient (Wildman–Crippen LogP) is 2.53. The molecule has 3 nitrogen and oxygen atoms in total. The molecule has 0 atom stereocenters. The minimum absolute atomic E-state index is 0.0381. The van der Waals surface area contributed by atoms with Gasteiger partial charge in [-0.05, 0) is 6.08 Å². The van der Waals surface area contributed by atoms with Crippen LogP contribution in [0.2, 0.25) is 0 Å². The molecule has 94 valence electrons. The molecule has 1 aromatic carbocycles. The summed E-state index contributed by atoms with van der Waals surface area (Å²) in [6.07, 6.45) is 3.07. The fourth-order valence-corrected chi connectivity index (χ4v) is 2.68. The van der Waals surface area contributed by atoms with E-state index in [0.717, 1.165) is 0 Å². The van der Waals surface area contributed by atoms with E-state index in [4.69, 9.17) is 0 Å². The summed E-state index contributed by atoms with van der Waals surface area (Å²) in [6.45, 7) is 3.68. The maximum Gasteiger partial charge on any atom is 0.198 e. The first kappa shape index (κ1) is 11.8. The van der Waals surface area contributed by atoms with E-state index in [-0.39, 0.29) is 22.9 Å². The highest BCUT2D eigenvalue weighted by Crippen LogP contribution is 2.40. The van der Waals surface area contributed by atoms with Crippen LogP contribution in [0, 0.1) is 5.41 Å². The van der Waals surface area contributed by atoms with Gasteiger partial charge in [-0.1, -0.05) is 44.2 Å². The van der Waals surface area contributed by atoms with Gasteiger partial charge in [0.25, 0.3) is 0 Å². The van der Waals surface area contributed by atoms with Crippen LogP contribution in [0.15, 0.2) is 47.6 Å². The van der Waals surface area contributed by atoms with E-state index in [1.54, 1.807) is 30.3 Å². The molecule has 0 aromatic heterocycles. The standard InChI is InChI=1S/C16H12O3/c1-16(2)8-7-11(17)12-13(16)15(19)10-6-4-3-5-9(10)14(12)18/h3-8H,1-2H3. The van der Waals surface area contributed by atoms with Crippen molar-refractivity contribution in [2.75, 3.05) is 0 Å². The Morgan fingerprint density at radius 1 is 0.895 bits per heavy atom. The average molecular weight is 252 g/mol. The van der Waals surface area contributed by atoms with Crippen LogP contribution >= 0.6 is 0 Å². The second kappa shape index (κ2) is 3.60. The Kier molecular flexibility index (Phi) is 2.23. The second-order valence-corrected chi connectivity index (χ2v) is 5.37. The number of ketones is 3. The van der Waals surface area contributed by atoms with Gasteiger partial charge in [-0.25, -0.2) is 0 Å². The summed E-state index contributed by atoms with van der Waals surface area (Å²) in [5.74, 6) is -0.928. The third-order valence-corrected chi connectivity index (χ3v) is 3.66. The molecular weight excluding hydrogens is 240 g/mol. The zero-order valence-corrected chi connectivity index (χ0v) is 10.7. The highest BCUT2D eigenvalue weighted by atomic mass is 16.2. The fourth-order valence-electron chi connectivity index (χ4n) is 2.68. The van der Waals surface area contributed by atoms with E-state index in [1.807, 2.05) is 13.8 Å². The molecule has 0 spiro atoms. The largest absolute Gasteiger partial charge is 0.289 e. The first-order chi connectivity index (χ1) is 8.93. The molecular formula is C16H12O3. The summed E-state index contributed by atoms with van der Waals surface area (Å²) in [4.78, 5) is 37.0. The molecule has 0 bridgehead atoms. The number of hydrogen-bond acceptors (Lipinski definition) is 3. The molecule has 0 N–H and O–H groups in total. The lowest BCUT2D eigenvalue weighted by Gasteiger charge is -2.31. The van der Waals surface area contributed by atoms with Gasteiger partial charge in [0.1, 0.15) is 0 Å². The summed E-state index contributed by atoms with van der Waals surface area (Å²) in [5.41, 5.74) is 0.483. The van der Waals surface area contributed by atoms with Crippen molar-refractivity contribution in [1.29, 1.82) is 0 Å². The average Bonchev–Trinajstić information content (AvgIpc) is 2.39. The lowest BCUT2D eigenvalue weighted by atomic mass is 9.68. The van der Waals surface area contributed by atoms with Crippen molar-refractivity contribution in [1.82, 2.24) is 0 Å².